The molecule has 0 aliphatic carbocycles. The van der Waals surface area contributed by atoms with Crippen LogP contribution in [0.4, 0.5) is 4.39 Å². The molecule has 2 aromatic heterocycles. The number of aryl methyl sites for hydroxylation is 1. The third-order valence-electron chi connectivity index (χ3n) is 4.20. The van der Waals surface area contributed by atoms with Gasteiger partial charge in [0.2, 0.25) is 0 Å². The van der Waals surface area contributed by atoms with Crippen LogP contribution in [0.25, 0.3) is 5.69 Å². The molecule has 0 radical (unpaired) electrons. The van der Waals surface area contributed by atoms with Crippen molar-refractivity contribution < 1.29 is 4.39 Å². The molecule has 0 saturated carbocycles. The summed E-state index contributed by atoms with van der Waals surface area (Å²) in [5.74, 6) is 0.663. The lowest BCUT2D eigenvalue weighted by atomic mass is 10.1. The summed E-state index contributed by atoms with van der Waals surface area (Å²) in [6.07, 6.45) is 5.46. The van der Waals surface area contributed by atoms with Gasteiger partial charge in [-0.15, -0.1) is 0 Å². The predicted octanol–water partition coefficient (Wildman–Crippen LogP) is 2.61. The molecule has 26 heavy (non-hydrogen) atoms. The molecule has 7 heteroatoms. The van der Waals surface area contributed by atoms with Crippen molar-refractivity contribution in [3.8, 4) is 5.69 Å². The molecule has 1 aromatic carbocycles. The molecular weight excluding hydrogens is 331 g/mol. The Kier molecular flexibility index (Phi) is 5.80. The highest BCUT2D eigenvalue weighted by Gasteiger charge is 2.14. The smallest absolute Gasteiger partial charge is 0.123 e. The lowest BCUT2D eigenvalue weighted by molar-refractivity contribution is 0.224. The number of benzene rings is 1. The van der Waals surface area contributed by atoms with E-state index in [1.54, 1.807) is 23.0 Å². The maximum absolute atomic E-state index is 13.9. The number of aromatic nitrogens is 4. The maximum atomic E-state index is 13.9. The van der Waals surface area contributed by atoms with Crippen LogP contribution in [0.5, 0.6) is 0 Å². The van der Waals surface area contributed by atoms with Crippen molar-refractivity contribution in [2.24, 2.45) is 0 Å². The molecule has 0 amide bonds. The van der Waals surface area contributed by atoms with Crippen LogP contribution in [0, 0.1) is 12.7 Å². The van der Waals surface area contributed by atoms with Crippen LogP contribution < -0.4 is 0 Å². The summed E-state index contributed by atoms with van der Waals surface area (Å²) in [4.78, 5) is 12.0. The standard InChI is InChI=1S/C19H25FN6/c1-15-21-12-18(23-15)14-25(10-9-24(2)3)13-16-11-17(20)5-6-19(16)26-8-4-7-22-26/h4-8,11-12H,9-10,13-14H2,1-3H3,(H,21,23). The Morgan fingerprint density at radius 3 is 2.69 bits per heavy atom. The molecule has 2 heterocycles. The minimum Gasteiger partial charge on any atom is -0.345 e. The highest BCUT2D eigenvalue weighted by Crippen LogP contribution is 2.19. The Balaban J connectivity index is 1.84. The maximum Gasteiger partial charge on any atom is 0.123 e. The van der Waals surface area contributed by atoms with E-state index in [9.17, 15) is 4.39 Å². The average molecular weight is 356 g/mol. The lowest BCUT2D eigenvalue weighted by Crippen LogP contribution is -2.31. The Hall–Kier alpha value is -2.51. The fraction of sp³-hybridized carbons (Fsp3) is 0.368. The predicted molar refractivity (Wildman–Crippen MR) is 99.5 cm³/mol. The monoisotopic (exact) mass is 356 g/mol. The number of hydrogen-bond donors (Lipinski definition) is 1. The van der Waals surface area contributed by atoms with Crippen LogP contribution >= 0.6 is 0 Å². The number of aromatic amines is 1. The molecule has 1 N–H and O–H groups in total. The van der Waals surface area contributed by atoms with Gasteiger partial charge in [-0.3, -0.25) is 4.90 Å². The summed E-state index contributed by atoms with van der Waals surface area (Å²) >= 11 is 0. The zero-order valence-corrected chi connectivity index (χ0v) is 15.5. The molecule has 0 saturated heterocycles. The fourth-order valence-corrected chi connectivity index (χ4v) is 2.90. The summed E-state index contributed by atoms with van der Waals surface area (Å²) in [5.41, 5.74) is 2.86. The van der Waals surface area contributed by atoms with E-state index in [1.807, 2.05) is 25.4 Å². The summed E-state index contributed by atoms with van der Waals surface area (Å²) in [6.45, 7) is 5.07. The minimum absolute atomic E-state index is 0.235. The SMILES string of the molecule is Cc1ncc(CN(CCN(C)C)Cc2cc(F)ccc2-n2cccn2)[nH]1. The number of imidazole rings is 1. The third-order valence-corrected chi connectivity index (χ3v) is 4.20. The van der Waals surface area contributed by atoms with Crippen molar-refractivity contribution in [1.82, 2.24) is 29.5 Å². The van der Waals surface area contributed by atoms with Crippen LogP contribution in [0.15, 0.2) is 42.9 Å². The number of hydrogen-bond acceptors (Lipinski definition) is 4. The van der Waals surface area contributed by atoms with Crippen molar-refractivity contribution in [3.63, 3.8) is 0 Å². The first-order valence-electron chi connectivity index (χ1n) is 8.67. The second kappa shape index (κ2) is 8.25. The van der Waals surface area contributed by atoms with Gasteiger partial charge in [-0.25, -0.2) is 14.1 Å². The van der Waals surface area contributed by atoms with E-state index in [2.05, 4.69) is 39.0 Å². The molecule has 6 nitrogen and oxygen atoms in total. The second-order valence-electron chi connectivity index (χ2n) is 6.73. The highest BCUT2D eigenvalue weighted by atomic mass is 19.1. The van der Waals surface area contributed by atoms with Crippen molar-refractivity contribution in [2.45, 2.75) is 20.0 Å². The summed E-state index contributed by atoms with van der Waals surface area (Å²) in [5, 5.41) is 4.30. The van der Waals surface area contributed by atoms with Crippen LogP contribution in [-0.4, -0.2) is 56.7 Å². The lowest BCUT2D eigenvalue weighted by Gasteiger charge is -2.24. The van der Waals surface area contributed by atoms with Crippen LogP contribution in [0.1, 0.15) is 17.1 Å². The summed E-state index contributed by atoms with van der Waals surface area (Å²) in [6, 6.07) is 6.72. The highest BCUT2D eigenvalue weighted by molar-refractivity contribution is 5.40. The van der Waals surface area contributed by atoms with E-state index in [0.29, 0.717) is 6.54 Å². The number of H-pyrrole nitrogens is 1. The molecule has 3 rings (SSSR count). The van der Waals surface area contributed by atoms with Gasteiger partial charge in [-0.2, -0.15) is 5.10 Å². The van der Waals surface area contributed by atoms with Gasteiger partial charge in [0.25, 0.3) is 0 Å². The fourth-order valence-electron chi connectivity index (χ4n) is 2.90. The van der Waals surface area contributed by atoms with Crippen LogP contribution in [0.2, 0.25) is 0 Å². The minimum atomic E-state index is -0.235. The number of nitrogens with one attached hydrogen (secondary N) is 1. The van der Waals surface area contributed by atoms with Gasteiger partial charge in [0, 0.05) is 50.5 Å². The normalized spacial score (nSPS) is 11.6. The second-order valence-corrected chi connectivity index (χ2v) is 6.73. The van der Waals surface area contributed by atoms with E-state index < -0.39 is 0 Å². The van der Waals surface area contributed by atoms with Gasteiger partial charge >= 0.3 is 0 Å². The third kappa shape index (κ3) is 4.77. The average Bonchev–Trinajstić information content (AvgIpc) is 3.25. The molecular formula is C19H25FN6. The Morgan fingerprint density at radius 2 is 2.04 bits per heavy atom. The van der Waals surface area contributed by atoms with E-state index in [4.69, 9.17) is 0 Å². The van der Waals surface area contributed by atoms with Crippen LogP contribution in [-0.2, 0) is 13.1 Å². The van der Waals surface area contributed by atoms with Crippen LogP contribution in [0.3, 0.4) is 0 Å². The summed E-state index contributed by atoms with van der Waals surface area (Å²) < 4.78 is 15.7. The molecule has 0 unspecified atom stereocenters. The van der Waals surface area contributed by atoms with Crippen molar-refractivity contribution in [2.75, 3.05) is 27.2 Å². The molecule has 0 bridgehead atoms. The molecule has 138 valence electrons. The molecule has 0 aliphatic heterocycles. The van der Waals surface area contributed by atoms with Gasteiger partial charge in [0.05, 0.1) is 5.69 Å². The zero-order chi connectivity index (χ0) is 18.5. The van der Waals surface area contributed by atoms with Crippen molar-refractivity contribution >= 4 is 0 Å². The first-order chi connectivity index (χ1) is 12.5. The number of rotatable bonds is 8. The Morgan fingerprint density at radius 1 is 1.19 bits per heavy atom. The van der Waals surface area contributed by atoms with Crippen molar-refractivity contribution in [1.29, 1.82) is 0 Å². The van der Waals surface area contributed by atoms with E-state index in [1.165, 1.54) is 6.07 Å². The first kappa shape index (κ1) is 18.3. The van der Waals surface area contributed by atoms with Gasteiger partial charge in [0.15, 0.2) is 0 Å². The first-order valence-corrected chi connectivity index (χ1v) is 8.67. The number of halogens is 1. The molecule has 0 spiro atoms. The Labute approximate surface area is 153 Å². The summed E-state index contributed by atoms with van der Waals surface area (Å²) in [7, 11) is 4.10. The molecule has 3 aromatic rings. The Bertz CT molecular complexity index is 824. The quantitative estimate of drug-likeness (QED) is 0.674. The van der Waals surface area contributed by atoms with Gasteiger partial charge in [-0.05, 0) is 50.8 Å². The molecule has 0 fully saturated rings. The largest absolute Gasteiger partial charge is 0.345 e. The van der Waals surface area contributed by atoms with Gasteiger partial charge in [0.1, 0.15) is 11.6 Å². The van der Waals surface area contributed by atoms with E-state index in [0.717, 1.165) is 42.4 Å². The van der Waals surface area contributed by atoms with Gasteiger partial charge in [-0.1, -0.05) is 0 Å². The molecule has 0 aliphatic rings. The number of likely N-dealkylation sites (N-methyl/N-ethyl adjacent to an activating group) is 1. The van der Waals surface area contributed by atoms with Crippen molar-refractivity contribution in [3.05, 3.63) is 65.8 Å². The van der Waals surface area contributed by atoms with E-state index >= 15 is 0 Å². The van der Waals surface area contributed by atoms with E-state index in [-0.39, 0.29) is 5.82 Å². The van der Waals surface area contributed by atoms with Gasteiger partial charge < -0.3 is 9.88 Å². The topological polar surface area (TPSA) is 53.0 Å². The molecule has 0 atom stereocenters. The number of nitrogens with zero attached hydrogens (tertiary/aromatic N) is 5. The zero-order valence-electron chi connectivity index (χ0n) is 15.5.